The van der Waals surface area contributed by atoms with E-state index in [9.17, 15) is 19.8 Å². The number of carbonyl (C=O) groups is 2. The zero-order valence-electron chi connectivity index (χ0n) is 14.9. The molecule has 0 unspecified atom stereocenters. The summed E-state index contributed by atoms with van der Waals surface area (Å²) in [5.41, 5.74) is -0.905. The van der Waals surface area contributed by atoms with Gasteiger partial charge in [-0.3, -0.25) is 9.59 Å². The molecule has 0 aromatic carbocycles. The van der Waals surface area contributed by atoms with Crippen molar-refractivity contribution in [3.8, 4) is 0 Å². The lowest BCUT2D eigenvalue weighted by molar-refractivity contribution is -0.133. The second kappa shape index (κ2) is 7.92. The smallest absolute Gasteiger partial charge is 0.242 e. The van der Waals surface area contributed by atoms with Crippen molar-refractivity contribution in [1.29, 1.82) is 0 Å². The minimum atomic E-state index is -0.701. The van der Waals surface area contributed by atoms with Gasteiger partial charge in [-0.25, -0.2) is 0 Å². The quantitative estimate of drug-likeness (QED) is 0.583. The van der Waals surface area contributed by atoms with Crippen LogP contribution in [0.2, 0.25) is 0 Å². The van der Waals surface area contributed by atoms with Gasteiger partial charge in [0.15, 0.2) is 0 Å². The van der Waals surface area contributed by atoms with Crippen LogP contribution in [0, 0.1) is 10.8 Å². The number of hydrogen-bond donors (Lipinski definition) is 4. The maximum absolute atomic E-state index is 12.1. The van der Waals surface area contributed by atoms with Gasteiger partial charge in [-0.2, -0.15) is 0 Å². The second-order valence-corrected chi connectivity index (χ2v) is 7.95. The highest BCUT2D eigenvalue weighted by atomic mass is 16.3. The van der Waals surface area contributed by atoms with Gasteiger partial charge in [0.2, 0.25) is 11.8 Å². The summed E-state index contributed by atoms with van der Waals surface area (Å²) in [6.07, 6.45) is -0.393. The Bertz CT molecular complexity index is 383. The maximum Gasteiger partial charge on any atom is 0.242 e. The summed E-state index contributed by atoms with van der Waals surface area (Å²) in [6, 6.07) is -1.25. The Labute approximate surface area is 133 Å². The molecule has 0 heterocycles. The normalized spacial score (nSPS) is 16.6. The number of carbonyl (C=O) groups excluding carboxylic acids is 2. The van der Waals surface area contributed by atoms with Crippen LogP contribution in [0.25, 0.3) is 0 Å². The van der Waals surface area contributed by atoms with E-state index in [1.165, 1.54) is 0 Å². The maximum atomic E-state index is 12.1. The Kier molecular flexibility index (Phi) is 7.51. The molecule has 6 nitrogen and oxygen atoms in total. The van der Waals surface area contributed by atoms with Crippen LogP contribution in [-0.4, -0.2) is 46.8 Å². The second-order valence-electron chi connectivity index (χ2n) is 7.95. The molecule has 0 aromatic rings. The first-order valence-corrected chi connectivity index (χ1v) is 7.69. The van der Waals surface area contributed by atoms with Gasteiger partial charge in [-0.15, -0.1) is 0 Å². The van der Waals surface area contributed by atoms with Crippen molar-refractivity contribution in [1.82, 2.24) is 10.6 Å². The molecule has 0 aromatic heterocycles. The van der Waals surface area contributed by atoms with Crippen LogP contribution in [0.3, 0.4) is 0 Å². The molecule has 0 aliphatic heterocycles. The van der Waals surface area contributed by atoms with E-state index in [1.54, 1.807) is 27.7 Å². The summed E-state index contributed by atoms with van der Waals surface area (Å²) >= 11 is 0. The highest BCUT2D eigenvalue weighted by molar-refractivity contribution is 5.89. The molecule has 0 spiro atoms. The summed E-state index contributed by atoms with van der Waals surface area (Å²) < 4.78 is 0. The van der Waals surface area contributed by atoms with Gasteiger partial charge in [0, 0.05) is 5.41 Å². The Morgan fingerprint density at radius 1 is 1.05 bits per heavy atom. The molecular weight excluding hydrogens is 284 g/mol. The van der Waals surface area contributed by atoms with Crippen LogP contribution in [0.15, 0.2) is 0 Å². The molecule has 3 atom stereocenters. The number of aliphatic hydroxyl groups is 2. The molecule has 0 aliphatic carbocycles. The average molecular weight is 316 g/mol. The number of hydrogen-bond acceptors (Lipinski definition) is 4. The molecule has 0 aliphatic rings. The van der Waals surface area contributed by atoms with Crippen LogP contribution in [-0.2, 0) is 9.59 Å². The highest BCUT2D eigenvalue weighted by Gasteiger charge is 2.28. The molecule has 6 heteroatoms. The van der Waals surface area contributed by atoms with E-state index in [1.807, 2.05) is 20.8 Å². The fraction of sp³-hybridized carbons (Fsp3) is 0.875. The first-order chi connectivity index (χ1) is 9.78. The predicted octanol–water partition coefficient (Wildman–Crippen LogP) is 0.811. The zero-order valence-corrected chi connectivity index (χ0v) is 14.9. The third-order valence-corrected chi connectivity index (χ3v) is 3.50. The summed E-state index contributed by atoms with van der Waals surface area (Å²) in [5, 5.41) is 24.7. The highest BCUT2D eigenvalue weighted by Crippen LogP contribution is 2.22. The Hall–Kier alpha value is -1.14. The standard InChI is InChI=1S/C16H32N2O4/c1-10(17-14(22)16(5,6)7)13(21)18-11(9-19)8-12(20)15(2,3)4/h10-12,19-20H,8-9H2,1-7H3,(H,17,22)(H,18,21)/t10-,11-,12-/m0/s1. The molecular formula is C16H32N2O4. The third-order valence-electron chi connectivity index (χ3n) is 3.50. The van der Waals surface area contributed by atoms with Crippen molar-refractivity contribution in [2.24, 2.45) is 10.8 Å². The monoisotopic (exact) mass is 316 g/mol. The number of aliphatic hydroxyl groups excluding tert-OH is 2. The molecule has 0 rings (SSSR count). The number of amides is 2. The molecule has 0 bridgehead atoms. The molecule has 0 saturated heterocycles. The lowest BCUT2D eigenvalue weighted by Crippen LogP contribution is -2.52. The van der Waals surface area contributed by atoms with Crippen molar-refractivity contribution in [3.05, 3.63) is 0 Å². The topological polar surface area (TPSA) is 98.7 Å². The summed E-state index contributed by atoms with van der Waals surface area (Å²) in [7, 11) is 0. The van der Waals surface area contributed by atoms with E-state index in [0.29, 0.717) is 0 Å². The van der Waals surface area contributed by atoms with Crippen LogP contribution >= 0.6 is 0 Å². The van der Waals surface area contributed by atoms with Crippen LogP contribution in [0.5, 0.6) is 0 Å². The molecule has 130 valence electrons. The SMILES string of the molecule is C[C@H](NC(=O)C(C)(C)C)C(=O)N[C@H](CO)C[C@H](O)C(C)(C)C. The number of nitrogens with one attached hydrogen (secondary N) is 2. The molecule has 22 heavy (non-hydrogen) atoms. The lowest BCUT2D eigenvalue weighted by Gasteiger charge is -2.30. The van der Waals surface area contributed by atoms with Crippen molar-refractivity contribution < 1.29 is 19.8 Å². The third kappa shape index (κ3) is 7.22. The van der Waals surface area contributed by atoms with Crippen LogP contribution < -0.4 is 10.6 Å². The first kappa shape index (κ1) is 20.9. The summed E-state index contributed by atoms with van der Waals surface area (Å²) in [5.74, 6) is -0.594. The fourth-order valence-corrected chi connectivity index (χ4v) is 1.61. The first-order valence-electron chi connectivity index (χ1n) is 7.69. The molecule has 4 N–H and O–H groups in total. The van der Waals surface area contributed by atoms with Crippen LogP contribution in [0.4, 0.5) is 0 Å². The minimum absolute atomic E-state index is 0.217. The average Bonchev–Trinajstić information content (AvgIpc) is 2.34. The van der Waals surface area contributed by atoms with E-state index in [-0.39, 0.29) is 30.3 Å². The Morgan fingerprint density at radius 2 is 1.55 bits per heavy atom. The van der Waals surface area contributed by atoms with Gasteiger partial charge in [0.05, 0.1) is 18.8 Å². The largest absolute Gasteiger partial charge is 0.394 e. The van der Waals surface area contributed by atoms with Crippen molar-refractivity contribution in [2.75, 3.05) is 6.61 Å². The van der Waals surface area contributed by atoms with Gasteiger partial charge in [-0.1, -0.05) is 41.5 Å². The minimum Gasteiger partial charge on any atom is -0.394 e. The Morgan fingerprint density at radius 3 is 1.91 bits per heavy atom. The predicted molar refractivity (Wildman–Crippen MR) is 86.2 cm³/mol. The van der Waals surface area contributed by atoms with E-state index < -0.39 is 23.6 Å². The van der Waals surface area contributed by atoms with Crippen molar-refractivity contribution >= 4 is 11.8 Å². The summed E-state index contributed by atoms with van der Waals surface area (Å²) in [6.45, 7) is 12.3. The van der Waals surface area contributed by atoms with E-state index in [0.717, 1.165) is 0 Å². The summed E-state index contributed by atoms with van der Waals surface area (Å²) in [4.78, 5) is 24.0. The van der Waals surface area contributed by atoms with Gasteiger partial charge < -0.3 is 20.8 Å². The zero-order chi connectivity index (χ0) is 17.7. The molecule has 0 saturated carbocycles. The van der Waals surface area contributed by atoms with Crippen molar-refractivity contribution in [2.45, 2.75) is 73.1 Å². The van der Waals surface area contributed by atoms with E-state index in [2.05, 4.69) is 10.6 Å². The Balaban J connectivity index is 4.57. The van der Waals surface area contributed by atoms with Gasteiger partial charge in [-0.05, 0) is 18.8 Å². The van der Waals surface area contributed by atoms with Crippen molar-refractivity contribution in [3.63, 3.8) is 0 Å². The molecule has 2 amide bonds. The van der Waals surface area contributed by atoms with Gasteiger partial charge >= 0.3 is 0 Å². The molecule has 0 fully saturated rings. The molecule has 0 radical (unpaired) electrons. The van der Waals surface area contributed by atoms with Gasteiger partial charge in [0.1, 0.15) is 6.04 Å². The number of rotatable bonds is 6. The van der Waals surface area contributed by atoms with Crippen LogP contribution in [0.1, 0.15) is 54.9 Å². The fourth-order valence-electron chi connectivity index (χ4n) is 1.61. The van der Waals surface area contributed by atoms with E-state index in [4.69, 9.17) is 0 Å². The van der Waals surface area contributed by atoms with Gasteiger partial charge in [0.25, 0.3) is 0 Å². The van der Waals surface area contributed by atoms with E-state index >= 15 is 0 Å². The lowest BCUT2D eigenvalue weighted by atomic mass is 9.85.